The highest BCUT2D eigenvalue weighted by molar-refractivity contribution is 7.99. The lowest BCUT2D eigenvalue weighted by atomic mass is 10.0. The van der Waals surface area contributed by atoms with Gasteiger partial charge >= 0.3 is 0 Å². The first-order valence-electron chi connectivity index (χ1n) is 9.61. The molecule has 0 amide bonds. The summed E-state index contributed by atoms with van der Waals surface area (Å²) in [7, 11) is 0. The molecule has 0 aliphatic carbocycles. The van der Waals surface area contributed by atoms with E-state index in [1.807, 2.05) is 24.3 Å². The van der Waals surface area contributed by atoms with E-state index in [4.69, 9.17) is 0 Å². The molecule has 2 rings (SSSR count). The van der Waals surface area contributed by atoms with E-state index in [0.29, 0.717) is 0 Å². The number of hydrogen-bond acceptors (Lipinski definition) is 2. The first-order valence-corrected chi connectivity index (χ1v) is 10.4. The minimum absolute atomic E-state index is 0.167. The second-order valence-electron chi connectivity index (χ2n) is 6.56. The first-order chi connectivity index (χ1) is 13.5. The van der Waals surface area contributed by atoms with Crippen LogP contribution in [0.1, 0.15) is 62.4 Å². The summed E-state index contributed by atoms with van der Waals surface area (Å²) in [6.07, 6.45) is 10.8. The summed E-state index contributed by atoms with van der Waals surface area (Å²) >= 11 is 1.14. The Morgan fingerprint density at radius 2 is 1.79 bits per heavy atom. The molecule has 28 heavy (non-hydrogen) atoms. The van der Waals surface area contributed by atoms with Crippen molar-refractivity contribution in [2.24, 2.45) is 0 Å². The van der Waals surface area contributed by atoms with Crippen LogP contribution in [0.4, 0.5) is 8.78 Å². The average molecular weight is 401 g/mol. The molecule has 0 saturated carbocycles. The van der Waals surface area contributed by atoms with Gasteiger partial charge in [-0.1, -0.05) is 68.8 Å². The van der Waals surface area contributed by atoms with E-state index in [-0.39, 0.29) is 10.5 Å². The zero-order valence-corrected chi connectivity index (χ0v) is 17.4. The van der Waals surface area contributed by atoms with Crippen LogP contribution in [0.2, 0.25) is 0 Å². The molecule has 0 aliphatic heterocycles. The largest absolute Gasteiger partial charge is 0.294 e. The molecule has 2 aromatic carbocycles. The number of rotatable bonds is 9. The van der Waals surface area contributed by atoms with Crippen LogP contribution in [-0.4, -0.2) is 5.78 Å². The fraction of sp³-hybridized carbons (Fsp3) is 0.292. The van der Waals surface area contributed by atoms with Gasteiger partial charge < -0.3 is 0 Å². The predicted molar refractivity (Wildman–Crippen MR) is 114 cm³/mol. The van der Waals surface area contributed by atoms with E-state index in [9.17, 15) is 13.6 Å². The van der Waals surface area contributed by atoms with Crippen LogP contribution in [0.5, 0.6) is 0 Å². The molecule has 0 N–H and O–H groups in total. The van der Waals surface area contributed by atoms with Gasteiger partial charge in [0.1, 0.15) is 11.6 Å². The molecule has 2 aromatic rings. The van der Waals surface area contributed by atoms with Crippen LogP contribution in [0.3, 0.4) is 0 Å². The van der Waals surface area contributed by atoms with Crippen LogP contribution >= 0.6 is 11.8 Å². The molecule has 0 fully saturated rings. The molecule has 0 heterocycles. The first kappa shape index (κ1) is 22.1. The molecular formula is C24H26F2OS. The number of ketones is 1. The minimum Gasteiger partial charge on any atom is -0.294 e. The third-order valence-electron chi connectivity index (χ3n) is 4.27. The van der Waals surface area contributed by atoms with Crippen molar-refractivity contribution in [3.8, 4) is 0 Å². The maximum Gasteiger partial charge on any atom is 0.162 e. The lowest BCUT2D eigenvalue weighted by Gasteiger charge is -2.08. The Labute approximate surface area is 170 Å². The van der Waals surface area contributed by atoms with Gasteiger partial charge in [0.2, 0.25) is 0 Å². The van der Waals surface area contributed by atoms with E-state index < -0.39 is 17.4 Å². The van der Waals surface area contributed by atoms with Crippen molar-refractivity contribution in [1.29, 1.82) is 0 Å². The predicted octanol–water partition coefficient (Wildman–Crippen LogP) is 7.86. The lowest BCUT2D eigenvalue weighted by Crippen LogP contribution is -1.99. The third kappa shape index (κ3) is 6.16. The summed E-state index contributed by atoms with van der Waals surface area (Å²) in [5.74, 6) is -1.77. The van der Waals surface area contributed by atoms with Gasteiger partial charge in [-0.3, -0.25) is 4.79 Å². The van der Waals surface area contributed by atoms with E-state index >= 15 is 0 Å². The Morgan fingerprint density at radius 3 is 2.39 bits per heavy atom. The number of unbranched alkanes of at least 4 members (excludes halogenated alkanes) is 2. The second kappa shape index (κ2) is 11.0. The Kier molecular flexibility index (Phi) is 8.65. The molecule has 0 aliphatic rings. The Morgan fingerprint density at radius 1 is 1.07 bits per heavy atom. The monoisotopic (exact) mass is 400 g/mol. The molecular weight excluding hydrogens is 374 g/mol. The Hall–Kier alpha value is -2.20. The Balaban J connectivity index is 2.22. The number of hydrogen-bond donors (Lipinski definition) is 0. The topological polar surface area (TPSA) is 17.1 Å². The highest BCUT2D eigenvalue weighted by atomic mass is 32.2. The quantitative estimate of drug-likeness (QED) is 0.242. The normalized spacial score (nSPS) is 12.0. The van der Waals surface area contributed by atoms with Crippen molar-refractivity contribution >= 4 is 23.1 Å². The van der Waals surface area contributed by atoms with Crippen molar-refractivity contribution in [2.45, 2.75) is 56.2 Å². The van der Waals surface area contributed by atoms with E-state index in [1.165, 1.54) is 12.5 Å². The molecule has 0 saturated heterocycles. The van der Waals surface area contributed by atoms with Crippen molar-refractivity contribution < 1.29 is 13.6 Å². The van der Waals surface area contributed by atoms with Gasteiger partial charge in [-0.15, -0.1) is 0 Å². The minimum atomic E-state index is -0.695. The van der Waals surface area contributed by atoms with E-state index in [1.54, 1.807) is 0 Å². The third-order valence-corrected chi connectivity index (χ3v) is 5.31. The molecule has 0 radical (unpaired) electrons. The van der Waals surface area contributed by atoms with Gasteiger partial charge in [0.05, 0.1) is 10.5 Å². The number of benzene rings is 2. The zero-order valence-electron chi connectivity index (χ0n) is 16.6. The lowest BCUT2D eigenvalue weighted by molar-refractivity contribution is 0.101. The van der Waals surface area contributed by atoms with Crippen LogP contribution < -0.4 is 0 Å². The molecule has 1 nitrogen and oxygen atoms in total. The number of carbonyl (C=O) groups is 1. The summed E-state index contributed by atoms with van der Waals surface area (Å²) in [6, 6.07) is 9.87. The molecule has 0 spiro atoms. The number of carbonyl (C=O) groups excluding carboxylic acids is 1. The van der Waals surface area contributed by atoms with E-state index in [0.717, 1.165) is 60.0 Å². The Bertz CT molecular complexity index is 867. The zero-order chi connectivity index (χ0) is 20.5. The van der Waals surface area contributed by atoms with Crippen molar-refractivity contribution in [1.82, 2.24) is 0 Å². The van der Waals surface area contributed by atoms with Crippen LogP contribution in [0, 0.1) is 11.6 Å². The molecule has 0 unspecified atom stereocenters. The van der Waals surface area contributed by atoms with Crippen LogP contribution in [-0.2, 0) is 0 Å². The molecule has 4 heteroatoms. The summed E-state index contributed by atoms with van der Waals surface area (Å²) in [4.78, 5) is 12.3. The van der Waals surface area contributed by atoms with Crippen molar-refractivity contribution in [3.63, 3.8) is 0 Å². The van der Waals surface area contributed by atoms with E-state index in [2.05, 4.69) is 32.1 Å². The van der Waals surface area contributed by atoms with Gasteiger partial charge in [0.25, 0.3) is 0 Å². The molecule has 0 bridgehead atoms. The summed E-state index contributed by atoms with van der Waals surface area (Å²) in [5, 5.41) is 0. The summed E-state index contributed by atoms with van der Waals surface area (Å²) < 4.78 is 28.2. The highest BCUT2D eigenvalue weighted by Crippen LogP contribution is 2.32. The van der Waals surface area contributed by atoms with Crippen LogP contribution in [0.15, 0.2) is 64.4 Å². The number of Topliss-reactive ketones (excluding diaryl/α,β-unsaturated/α-hetero) is 1. The molecule has 0 atom stereocenters. The smallest absolute Gasteiger partial charge is 0.162 e. The summed E-state index contributed by atoms with van der Waals surface area (Å²) in [6.45, 7) is 5.50. The maximum atomic E-state index is 14.2. The molecule has 0 aromatic heterocycles. The van der Waals surface area contributed by atoms with Gasteiger partial charge in [-0.2, -0.15) is 0 Å². The van der Waals surface area contributed by atoms with Gasteiger partial charge in [-0.05, 0) is 55.2 Å². The van der Waals surface area contributed by atoms with Gasteiger partial charge in [0.15, 0.2) is 5.78 Å². The number of allylic oxidation sites excluding steroid dienone is 4. The van der Waals surface area contributed by atoms with Gasteiger partial charge in [0, 0.05) is 4.90 Å². The summed E-state index contributed by atoms with van der Waals surface area (Å²) in [5.41, 5.74) is 2.06. The fourth-order valence-corrected chi connectivity index (χ4v) is 3.55. The number of halogens is 2. The van der Waals surface area contributed by atoms with Crippen LogP contribution in [0.25, 0.3) is 5.57 Å². The second-order valence-corrected chi connectivity index (χ2v) is 7.67. The average Bonchev–Trinajstić information content (AvgIpc) is 2.67. The fourth-order valence-electron chi connectivity index (χ4n) is 2.71. The maximum absolute atomic E-state index is 14.2. The molecule has 148 valence electrons. The van der Waals surface area contributed by atoms with Gasteiger partial charge in [-0.25, -0.2) is 8.78 Å². The van der Waals surface area contributed by atoms with Crippen molar-refractivity contribution in [2.75, 3.05) is 0 Å². The SMILES string of the molecule is CC/C=C/C(=C\CCCC)c1ccc(Sc2cc(F)c(C(C)=O)cc2F)cc1. The van der Waals surface area contributed by atoms with Crippen molar-refractivity contribution in [3.05, 3.63) is 77.4 Å². The highest BCUT2D eigenvalue weighted by Gasteiger charge is 2.14. The standard InChI is InChI=1S/C24H26F2OS/c1-4-6-8-10-18(9-7-5-2)19-11-13-20(14-12-19)28-24-16-22(25)21(17(3)27)15-23(24)26/h7,9-16H,4-6,8H2,1-3H3/b9-7+,18-10+.